The van der Waals surface area contributed by atoms with E-state index in [-0.39, 0.29) is 5.78 Å². The maximum atomic E-state index is 12.6. The average Bonchev–Trinajstić information content (AvgIpc) is 2.51. The van der Waals surface area contributed by atoms with Gasteiger partial charge in [0.15, 0.2) is 5.78 Å². The first kappa shape index (κ1) is 16.7. The molecule has 0 heterocycles. The summed E-state index contributed by atoms with van der Waals surface area (Å²) < 4.78 is 5.39. The maximum Gasteiger partial charge on any atom is 0.176 e. The summed E-state index contributed by atoms with van der Waals surface area (Å²) in [6, 6.07) is 1.86. The van der Waals surface area contributed by atoms with Gasteiger partial charge in [-0.15, -0.1) is 0 Å². The number of carbonyl (C=O) groups excluding carboxylic acids is 1. The number of hydrogen-bond donors (Lipinski definition) is 0. The van der Waals surface area contributed by atoms with Crippen LogP contribution in [-0.4, -0.2) is 23.9 Å². The number of hydrogen-bond acceptors (Lipinski definition) is 3. The van der Waals surface area contributed by atoms with Crippen molar-refractivity contribution in [1.82, 2.24) is 0 Å². The topological polar surface area (TPSA) is 26.3 Å². The van der Waals surface area contributed by atoms with E-state index in [0.29, 0.717) is 27.3 Å². The summed E-state index contributed by atoms with van der Waals surface area (Å²) in [6.45, 7) is 3.83. The lowest BCUT2D eigenvalue weighted by atomic mass is 10.0. The van der Waals surface area contributed by atoms with Crippen LogP contribution in [0.25, 0.3) is 0 Å². The van der Waals surface area contributed by atoms with Crippen LogP contribution >= 0.6 is 23.4 Å². The Kier molecular flexibility index (Phi) is 6.00. The van der Waals surface area contributed by atoms with Gasteiger partial charge >= 0.3 is 0 Å². The van der Waals surface area contributed by atoms with E-state index in [1.165, 1.54) is 32.1 Å². The average molecular weight is 327 g/mol. The molecule has 0 N–H and O–H groups in total. The minimum atomic E-state index is 0.127. The number of Topliss-reactive ketones (excluding diaryl/α,β-unsaturated/α-hetero) is 1. The van der Waals surface area contributed by atoms with Gasteiger partial charge in [-0.1, -0.05) is 30.9 Å². The molecule has 1 aromatic rings. The summed E-state index contributed by atoms with van der Waals surface area (Å²) in [6.07, 6.45) is 6.41. The van der Waals surface area contributed by atoms with Crippen LogP contribution in [0.15, 0.2) is 6.07 Å². The number of thioether (sulfide) groups is 1. The fourth-order valence-corrected chi connectivity index (χ4v) is 4.27. The first-order valence-corrected chi connectivity index (χ1v) is 8.95. The Morgan fingerprint density at radius 1 is 1.33 bits per heavy atom. The van der Waals surface area contributed by atoms with E-state index in [0.717, 1.165) is 11.1 Å². The van der Waals surface area contributed by atoms with Crippen LogP contribution in [0.4, 0.5) is 0 Å². The van der Waals surface area contributed by atoms with E-state index in [1.807, 2.05) is 19.9 Å². The van der Waals surface area contributed by atoms with Gasteiger partial charge in [0.2, 0.25) is 0 Å². The number of aryl methyl sites for hydroxylation is 1. The fourth-order valence-electron chi connectivity index (χ4n) is 2.93. The van der Waals surface area contributed by atoms with Gasteiger partial charge in [-0.3, -0.25) is 4.79 Å². The second kappa shape index (κ2) is 7.55. The van der Waals surface area contributed by atoms with Crippen molar-refractivity contribution in [2.75, 3.05) is 12.9 Å². The number of benzene rings is 1. The van der Waals surface area contributed by atoms with Gasteiger partial charge in [-0.05, 0) is 43.9 Å². The minimum Gasteiger partial charge on any atom is -0.496 e. The number of halogens is 1. The number of carbonyl (C=O) groups is 1. The Labute approximate surface area is 136 Å². The Bertz CT molecular complexity index is 522. The molecule has 0 bridgehead atoms. The molecule has 0 saturated heterocycles. The number of methoxy groups -OCH3 is 1. The zero-order chi connectivity index (χ0) is 15.4. The third kappa shape index (κ3) is 3.95. The zero-order valence-electron chi connectivity index (χ0n) is 13.0. The van der Waals surface area contributed by atoms with Gasteiger partial charge in [-0.25, -0.2) is 0 Å². The molecular formula is C17H23ClO2S. The quantitative estimate of drug-likeness (QED) is 0.694. The predicted octanol–water partition coefficient (Wildman–Crippen LogP) is 5.21. The van der Waals surface area contributed by atoms with Crippen LogP contribution in [0.1, 0.15) is 53.6 Å². The van der Waals surface area contributed by atoms with E-state index >= 15 is 0 Å². The SMILES string of the molecule is COc1cc(C)c(Cl)c(C)c1C(=O)CSC1CCCCC1. The van der Waals surface area contributed by atoms with Crippen molar-refractivity contribution >= 4 is 29.1 Å². The summed E-state index contributed by atoms with van der Waals surface area (Å²) in [5.74, 6) is 1.28. The monoisotopic (exact) mass is 326 g/mol. The largest absolute Gasteiger partial charge is 0.496 e. The van der Waals surface area contributed by atoms with Gasteiger partial charge in [0.05, 0.1) is 18.4 Å². The van der Waals surface area contributed by atoms with Crippen molar-refractivity contribution < 1.29 is 9.53 Å². The molecule has 0 aromatic heterocycles. The van der Waals surface area contributed by atoms with Crippen molar-refractivity contribution in [3.63, 3.8) is 0 Å². The van der Waals surface area contributed by atoms with Crippen LogP contribution in [0.3, 0.4) is 0 Å². The van der Waals surface area contributed by atoms with Crippen LogP contribution in [0.2, 0.25) is 5.02 Å². The molecule has 0 spiro atoms. The third-order valence-electron chi connectivity index (χ3n) is 4.15. The van der Waals surface area contributed by atoms with Gasteiger partial charge in [0.25, 0.3) is 0 Å². The Hall–Kier alpha value is -0.670. The zero-order valence-corrected chi connectivity index (χ0v) is 14.6. The molecule has 1 fully saturated rings. The molecule has 0 amide bonds. The van der Waals surface area contributed by atoms with Crippen LogP contribution in [0, 0.1) is 13.8 Å². The van der Waals surface area contributed by atoms with Crippen LogP contribution < -0.4 is 4.74 Å². The smallest absolute Gasteiger partial charge is 0.176 e. The van der Waals surface area contributed by atoms with Gasteiger partial charge in [0.1, 0.15) is 5.75 Å². The van der Waals surface area contributed by atoms with Crippen molar-refractivity contribution in [2.45, 2.75) is 51.2 Å². The van der Waals surface area contributed by atoms with Crippen molar-refractivity contribution in [3.8, 4) is 5.75 Å². The molecule has 0 radical (unpaired) electrons. The van der Waals surface area contributed by atoms with E-state index in [1.54, 1.807) is 18.9 Å². The molecule has 1 aliphatic carbocycles. The highest BCUT2D eigenvalue weighted by molar-refractivity contribution is 8.00. The highest BCUT2D eigenvalue weighted by Crippen LogP contribution is 2.34. The Morgan fingerprint density at radius 3 is 2.62 bits per heavy atom. The van der Waals surface area contributed by atoms with E-state index < -0.39 is 0 Å². The predicted molar refractivity (Wildman–Crippen MR) is 91.1 cm³/mol. The van der Waals surface area contributed by atoms with Gasteiger partial charge in [-0.2, -0.15) is 11.8 Å². The van der Waals surface area contributed by atoms with E-state index in [2.05, 4.69) is 0 Å². The third-order valence-corrected chi connectivity index (χ3v) is 6.10. The van der Waals surface area contributed by atoms with Crippen molar-refractivity contribution in [2.24, 2.45) is 0 Å². The highest BCUT2D eigenvalue weighted by Gasteiger charge is 2.21. The van der Waals surface area contributed by atoms with Crippen molar-refractivity contribution in [1.29, 1.82) is 0 Å². The second-order valence-electron chi connectivity index (χ2n) is 5.70. The van der Waals surface area contributed by atoms with Crippen LogP contribution in [-0.2, 0) is 0 Å². The molecule has 0 aliphatic heterocycles. The summed E-state index contributed by atoms with van der Waals surface area (Å²) in [5.41, 5.74) is 2.43. The number of ketones is 1. The second-order valence-corrected chi connectivity index (χ2v) is 7.37. The minimum absolute atomic E-state index is 0.127. The molecule has 0 atom stereocenters. The maximum absolute atomic E-state index is 12.6. The number of rotatable bonds is 5. The lowest BCUT2D eigenvalue weighted by molar-refractivity contribution is 0.101. The molecule has 116 valence electrons. The standard InChI is InChI=1S/C17H23ClO2S/c1-11-9-15(20-3)16(12(2)17(11)18)14(19)10-21-13-7-5-4-6-8-13/h9,13H,4-8,10H2,1-3H3. The Morgan fingerprint density at radius 2 is 2.00 bits per heavy atom. The molecule has 1 aromatic carbocycles. The fraction of sp³-hybridized carbons (Fsp3) is 0.588. The van der Waals surface area contributed by atoms with Gasteiger partial charge in [0, 0.05) is 10.3 Å². The molecule has 2 nitrogen and oxygen atoms in total. The summed E-state index contributed by atoms with van der Waals surface area (Å²) in [5, 5.41) is 1.30. The molecule has 1 aliphatic rings. The molecule has 0 unspecified atom stereocenters. The lowest BCUT2D eigenvalue weighted by Gasteiger charge is -2.21. The molecular weight excluding hydrogens is 304 g/mol. The normalized spacial score (nSPS) is 16.0. The summed E-state index contributed by atoms with van der Waals surface area (Å²) in [7, 11) is 1.60. The molecule has 2 rings (SSSR count). The summed E-state index contributed by atoms with van der Waals surface area (Å²) in [4.78, 5) is 12.6. The first-order chi connectivity index (χ1) is 10.0. The first-order valence-electron chi connectivity index (χ1n) is 7.53. The van der Waals surface area contributed by atoms with E-state index in [9.17, 15) is 4.79 Å². The highest BCUT2D eigenvalue weighted by atomic mass is 35.5. The lowest BCUT2D eigenvalue weighted by Crippen LogP contribution is -2.14. The molecule has 21 heavy (non-hydrogen) atoms. The number of ether oxygens (including phenoxy) is 1. The molecule has 1 saturated carbocycles. The van der Waals surface area contributed by atoms with Crippen LogP contribution in [0.5, 0.6) is 5.75 Å². The Balaban J connectivity index is 2.12. The molecule has 4 heteroatoms. The van der Waals surface area contributed by atoms with Crippen molar-refractivity contribution in [3.05, 3.63) is 27.8 Å². The van der Waals surface area contributed by atoms with Gasteiger partial charge < -0.3 is 4.74 Å². The summed E-state index contributed by atoms with van der Waals surface area (Å²) >= 11 is 8.08. The van der Waals surface area contributed by atoms with E-state index in [4.69, 9.17) is 16.3 Å².